The van der Waals surface area contributed by atoms with E-state index >= 15 is 0 Å². The lowest BCUT2D eigenvalue weighted by Crippen LogP contribution is -2.45. The van der Waals surface area contributed by atoms with E-state index in [0.29, 0.717) is 31.7 Å². The molecular formula is C11H17N5O2. The van der Waals surface area contributed by atoms with E-state index in [1.54, 1.807) is 24.0 Å². The van der Waals surface area contributed by atoms with Crippen LogP contribution in [-0.4, -0.2) is 44.8 Å². The van der Waals surface area contributed by atoms with Gasteiger partial charge in [0, 0.05) is 13.1 Å². The predicted octanol–water partition coefficient (Wildman–Crippen LogP) is -0.251. The highest BCUT2D eigenvalue weighted by Gasteiger charge is 2.30. The number of rotatable bonds is 2. The lowest BCUT2D eigenvalue weighted by atomic mass is 9.94. The molecule has 1 fully saturated rings. The molecule has 2 rings (SSSR count). The van der Waals surface area contributed by atoms with Gasteiger partial charge in [0.2, 0.25) is 0 Å². The third-order valence-electron chi connectivity index (χ3n) is 3.16. The molecule has 1 aromatic heterocycles. The van der Waals surface area contributed by atoms with E-state index < -0.39 is 5.60 Å². The molecule has 7 heteroatoms. The zero-order valence-corrected chi connectivity index (χ0v) is 10.3. The minimum absolute atomic E-state index is 0.165. The van der Waals surface area contributed by atoms with E-state index in [0.717, 1.165) is 0 Å². The minimum atomic E-state index is -0.671. The van der Waals surface area contributed by atoms with Gasteiger partial charge in [0.1, 0.15) is 0 Å². The SMILES string of the molecule is CC1(O)CCN(C(=O)c2ccc(NN)nn2)CC1. The van der Waals surface area contributed by atoms with Crippen molar-refractivity contribution in [2.75, 3.05) is 18.5 Å². The molecule has 18 heavy (non-hydrogen) atoms. The first-order chi connectivity index (χ1) is 8.52. The quantitative estimate of drug-likeness (QED) is 0.494. The maximum atomic E-state index is 12.1. The molecule has 1 aliphatic heterocycles. The fourth-order valence-corrected chi connectivity index (χ4v) is 1.88. The summed E-state index contributed by atoms with van der Waals surface area (Å²) in [7, 11) is 0. The highest BCUT2D eigenvalue weighted by Crippen LogP contribution is 2.22. The van der Waals surface area contributed by atoms with Crippen LogP contribution < -0.4 is 11.3 Å². The Morgan fingerprint density at radius 2 is 2.11 bits per heavy atom. The molecule has 0 radical (unpaired) electrons. The molecule has 1 amide bonds. The summed E-state index contributed by atoms with van der Waals surface area (Å²) in [6.07, 6.45) is 1.16. The Balaban J connectivity index is 2.03. The summed E-state index contributed by atoms with van der Waals surface area (Å²) in [4.78, 5) is 13.8. The number of aromatic nitrogens is 2. The zero-order chi connectivity index (χ0) is 13.2. The molecule has 4 N–H and O–H groups in total. The van der Waals surface area contributed by atoms with Crippen molar-refractivity contribution in [1.29, 1.82) is 0 Å². The number of piperidine rings is 1. The molecule has 1 saturated heterocycles. The second kappa shape index (κ2) is 4.87. The van der Waals surface area contributed by atoms with E-state index in [1.807, 2.05) is 0 Å². The molecule has 0 unspecified atom stereocenters. The molecule has 0 saturated carbocycles. The first-order valence-corrected chi connectivity index (χ1v) is 5.84. The van der Waals surface area contributed by atoms with Gasteiger partial charge in [-0.25, -0.2) is 5.84 Å². The molecule has 0 bridgehead atoms. The predicted molar refractivity (Wildman–Crippen MR) is 65.6 cm³/mol. The number of amides is 1. The standard InChI is InChI=1S/C11H17N5O2/c1-11(18)4-6-16(7-5-11)10(17)8-2-3-9(13-12)15-14-8/h2-3,18H,4-7,12H2,1H3,(H,13,15). The summed E-state index contributed by atoms with van der Waals surface area (Å²) in [5.74, 6) is 5.42. The van der Waals surface area contributed by atoms with Crippen molar-refractivity contribution in [3.63, 3.8) is 0 Å². The van der Waals surface area contributed by atoms with E-state index in [-0.39, 0.29) is 11.6 Å². The van der Waals surface area contributed by atoms with Crippen LogP contribution in [0.25, 0.3) is 0 Å². The molecule has 0 atom stereocenters. The van der Waals surface area contributed by atoms with Crippen LogP contribution in [0.1, 0.15) is 30.3 Å². The summed E-state index contributed by atoms with van der Waals surface area (Å²) >= 11 is 0. The van der Waals surface area contributed by atoms with E-state index in [2.05, 4.69) is 15.6 Å². The van der Waals surface area contributed by atoms with Crippen molar-refractivity contribution in [1.82, 2.24) is 15.1 Å². The van der Waals surface area contributed by atoms with Crippen molar-refractivity contribution in [2.24, 2.45) is 5.84 Å². The van der Waals surface area contributed by atoms with Crippen LogP contribution in [0, 0.1) is 0 Å². The van der Waals surface area contributed by atoms with Crippen LogP contribution in [0.3, 0.4) is 0 Å². The Morgan fingerprint density at radius 1 is 1.44 bits per heavy atom. The summed E-state index contributed by atoms with van der Waals surface area (Å²) in [6, 6.07) is 3.18. The highest BCUT2D eigenvalue weighted by atomic mass is 16.3. The number of anilines is 1. The molecule has 1 aromatic rings. The Morgan fingerprint density at radius 3 is 2.61 bits per heavy atom. The molecule has 2 heterocycles. The first-order valence-electron chi connectivity index (χ1n) is 5.84. The lowest BCUT2D eigenvalue weighted by Gasteiger charge is -2.35. The molecular weight excluding hydrogens is 234 g/mol. The summed E-state index contributed by atoms with van der Waals surface area (Å²) < 4.78 is 0. The van der Waals surface area contributed by atoms with E-state index in [9.17, 15) is 9.90 Å². The van der Waals surface area contributed by atoms with Crippen LogP contribution in [0.5, 0.6) is 0 Å². The molecule has 0 aliphatic carbocycles. The second-order valence-corrected chi connectivity index (χ2v) is 4.74. The van der Waals surface area contributed by atoms with Gasteiger partial charge in [-0.2, -0.15) is 0 Å². The maximum absolute atomic E-state index is 12.1. The van der Waals surface area contributed by atoms with Gasteiger partial charge in [0.05, 0.1) is 5.60 Å². The van der Waals surface area contributed by atoms with Crippen molar-refractivity contribution >= 4 is 11.7 Å². The number of hydrogen-bond acceptors (Lipinski definition) is 6. The molecule has 1 aliphatic rings. The third kappa shape index (κ3) is 2.74. The average molecular weight is 251 g/mol. The Bertz CT molecular complexity index is 422. The number of likely N-dealkylation sites (tertiary alicyclic amines) is 1. The largest absolute Gasteiger partial charge is 0.390 e. The molecule has 98 valence electrons. The number of nitrogens with zero attached hydrogens (tertiary/aromatic N) is 3. The van der Waals surface area contributed by atoms with Gasteiger partial charge in [-0.1, -0.05) is 0 Å². The molecule has 7 nitrogen and oxygen atoms in total. The fourth-order valence-electron chi connectivity index (χ4n) is 1.88. The average Bonchev–Trinajstić information content (AvgIpc) is 2.38. The third-order valence-corrected chi connectivity index (χ3v) is 3.16. The van der Waals surface area contributed by atoms with Gasteiger partial charge in [0.15, 0.2) is 11.5 Å². The summed E-state index contributed by atoms with van der Waals surface area (Å²) in [6.45, 7) is 2.85. The number of carbonyl (C=O) groups excluding carboxylic acids is 1. The van der Waals surface area contributed by atoms with Crippen molar-refractivity contribution in [3.05, 3.63) is 17.8 Å². The zero-order valence-electron chi connectivity index (χ0n) is 10.3. The van der Waals surface area contributed by atoms with Crippen LogP contribution >= 0.6 is 0 Å². The van der Waals surface area contributed by atoms with Gasteiger partial charge >= 0.3 is 0 Å². The monoisotopic (exact) mass is 251 g/mol. The number of hydrogen-bond donors (Lipinski definition) is 3. The number of nitrogens with two attached hydrogens (primary N) is 1. The summed E-state index contributed by atoms with van der Waals surface area (Å²) in [5.41, 5.74) is 1.97. The van der Waals surface area contributed by atoms with Gasteiger partial charge in [-0.05, 0) is 31.9 Å². The van der Waals surface area contributed by atoms with Gasteiger partial charge in [-0.15, -0.1) is 10.2 Å². The second-order valence-electron chi connectivity index (χ2n) is 4.74. The van der Waals surface area contributed by atoms with Crippen molar-refractivity contribution in [2.45, 2.75) is 25.4 Å². The number of carbonyl (C=O) groups is 1. The molecule has 0 spiro atoms. The molecule has 0 aromatic carbocycles. The Kier molecular flexibility index (Phi) is 3.44. The highest BCUT2D eigenvalue weighted by molar-refractivity contribution is 5.92. The lowest BCUT2D eigenvalue weighted by molar-refractivity contribution is -0.00222. The van der Waals surface area contributed by atoms with E-state index in [4.69, 9.17) is 5.84 Å². The number of nitrogens with one attached hydrogen (secondary N) is 1. The van der Waals surface area contributed by atoms with E-state index in [1.165, 1.54) is 0 Å². The number of nitrogen functional groups attached to an aromatic ring is 1. The van der Waals surface area contributed by atoms with Crippen LogP contribution in [-0.2, 0) is 0 Å². The fraction of sp³-hybridized carbons (Fsp3) is 0.545. The Labute approximate surface area is 105 Å². The normalized spacial score (nSPS) is 18.5. The van der Waals surface area contributed by atoms with Gasteiger partial charge in [0.25, 0.3) is 5.91 Å². The first kappa shape index (κ1) is 12.7. The van der Waals surface area contributed by atoms with Crippen LogP contribution in [0.4, 0.5) is 5.82 Å². The Hall–Kier alpha value is -1.73. The number of hydrazine groups is 1. The minimum Gasteiger partial charge on any atom is -0.390 e. The topological polar surface area (TPSA) is 104 Å². The van der Waals surface area contributed by atoms with Crippen molar-refractivity contribution in [3.8, 4) is 0 Å². The maximum Gasteiger partial charge on any atom is 0.274 e. The van der Waals surface area contributed by atoms with Crippen LogP contribution in [0.15, 0.2) is 12.1 Å². The smallest absolute Gasteiger partial charge is 0.274 e. The van der Waals surface area contributed by atoms with Gasteiger partial charge < -0.3 is 15.4 Å². The number of aliphatic hydroxyl groups is 1. The summed E-state index contributed by atoms with van der Waals surface area (Å²) in [5, 5.41) is 17.4. The van der Waals surface area contributed by atoms with Gasteiger partial charge in [-0.3, -0.25) is 4.79 Å². The van der Waals surface area contributed by atoms with Crippen molar-refractivity contribution < 1.29 is 9.90 Å². The van der Waals surface area contributed by atoms with Crippen LogP contribution in [0.2, 0.25) is 0 Å².